The van der Waals surface area contributed by atoms with E-state index in [-0.39, 0.29) is 6.16 Å². The maximum atomic E-state index is 10.7. The Labute approximate surface area is 91.1 Å². The molecule has 0 aliphatic heterocycles. The average Bonchev–Trinajstić information content (AvgIpc) is 2.10. The molecule has 4 heteroatoms. The van der Waals surface area contributed by atoms with Gasteiger partial charge < -0.3 is 9.79 Å². The SMILES string of the molecule is C#CC(C)(C)C(=CCP(=O)(O)O)CC=C. The van der Waals surface area contributed by atoms with E-state index in [1.165, 1.54) is 6.08 Å². The van der Waals surface area contributed by atoms with Gasteiger partial charge in [-0.15, -0.1) is 13.0 Å². The Balaban J connectivity index is 4.91. The fourth-order valence-electron chi connectivity index (χ4n) is 1.07. The van der Waals surface area contributed by atoms with Crippen molar-refractivity contribution in [2.45, 2.75) is 20.3 Å². The summed E-state index contributed by atoms with van der Waals surface area (Å²) in [6, 6.07) is 0. The predicted octanol–water partition coefficient (Wildman–Crippen LogP) is 2.33. The molecule has 0 aliphatic rings. The largest absolute Gasteiger partial charge is 0.329 e. The monoisotopic (exact) mass is 228 g/mol. The van der Waals surface area contributed by atoms with Gasteiger partial charge in [0, 0.05) is 5.41 Å². The van der Waals surface area contributed by atoms with Gasteiger partial charge in [0.15, 0.2) is 0 Å². The van der Waals surface area contributed by atoms with Crippen molar-refractivity contribution >= 4 is 7.60 Å². The zero-order valence-corrected chi connectivity index (χ0v) is 10.00. The molecule has 0 heterocycles. The normalized spacial score (nSPS) is 13.4. The van der Waals surface area contributed by atoms with Crippen LogP contribution in [0, 0.1) is 17.8 Å². The lowest BCUT2D eigenvalue weighted by molar-refractivity contribution is 0.376. The van der Waals surface area contributed by atoms with Crippen molar-refractivity contribution in [3.8, 4) is 12.3 Å². The molecule has 0 rings (SSSR count). The zero-order valence-electron chi connectivity index (χ0n) is 9.10. The summed E-state index contributed by atoms with van der Waals surface area (Å²) < 4.78 is 10.7. The van der Waals surface area contributed by atoms with Crippen molar-refractivity contribution in [1.29, 1.82) is 0 Å². The summed E-state index contributed by atoms with van der Waals surface area (Å²) in [4.78, 5) is 17.5. The molecule has 0 aromatic rings. The second kappa shape index (κ2) is 5.32. The van der Waals surface area contributed by atoms with Crippen LogP contribution < -0.4 is 0 Å². The highest BCUT2D eigenvalue weighted by Gasteiger charge is 2.20. The van der Waals surface area contributed by atoms with Crippen molar-refractivity contribution in [3.05, 3.63) is 24.3 Å². The lowest BCUT2D eigenvalue weighted by Crippen LogP contribution is -2.12. The zero-order chi connectivity index (χ0) is 12.1. The van der Waals surface area contributed by atoms with E-state index in [4.69, 9.17) is 16.2 Å². The third-order valence-corrected chi connectivity index (χ3v) is 2.76. The van der Waals surface area contributed by atoms with E-state index in [0.717, 1.165) is 5.57 Å². The topological polar surface area (TPSA) is 57.5 Å². The highest BCUT2D eigenvalue weighted by Crippen LogP contribution is 2.37. The van der Waals surface area contributed by atoms with Crippen molar-refractivity contribution in [2.75, 3.05) is 6.16 Å². The van der Waals surface area contributed by atoms with E-state index in [1.54, 1.807) is 6.08 Å². The maximum absolute atomic E-state index is 10.7. The molecule has 84 valence electrons. The van der Waals surface area contributed by atoms with Crippen LogP contribution in [0.2, 0.25) is 0 Å². The molecule has 0 fully saturated rings. The minimum atomic E-state index is -4.00. The van der Waals surface area contributed by atoms with E-state index < -0.39 is 13.0 Å². The lowest BCUT2D eigenvalue weighted by atomic mass is 9.83. The summed E-state index contributed by atoms with van der Waals surface area (Å²) in [5, 5.41) is 0. The van der Waals surface area contributed by atoms with Crippen LogP contribution in [0.15, 0.2) is 24.3 Å². The minimum Gasteiger partial charge on any atom is -0.324 e. The van der Waals surface area contributed by atoms with Crippen molar-refractivity contribution in [1.82, 2.24) is 0 Å². The first-order valence-electron chi connectivity index (χ1n) is 4.55. The number of terminal acetylenes is 1. The van der Waals surface area contributed by atoms with Crippen LogP contribution >= 0.6 is 7.60 Å². The van der Waals surface area contributed by atoms with Gasteiger partial charge in [0.2, 0.25) is 0 Å². The number of rotatable bonds is 5. The summed E-state index contributed by atoms with van der Waals surface area (Å²) in [6.45, 7) is 7.26. The number of allylic oxidation sites excluding steroid dienone is 3. The van der Waals surface area contributed by atoms with Gasteiger partial charge in [-0.1, -0.05) is 23.6 Å². The molecule has 0 atom stereocenters. The molecule has 0 saturated heterocycles. The summed E-state index contributed by atoms with van der Waals surface area (Å²) in [5.74, 6) is 2.59. The molecule has 0 amide bonds. The first kappa shape index (κ1) is 14.2. The molecule has 0 aliphatic carbocycles. The van der Waals surface area contributed by atoms with Gasteiger partial charge in [-0.2, -0.15) is 0 Å². The highest BCUT2D eigenvalue weighted by molar-refractivity contribution is 7.51. The third-order valence-electron chi connectivity index (χ3n) is 2.10. The van der Waals surface area contributed by atoms with Gasteiger partial charge in [-0.3, -0.25) is 4.57 Å². The number of hydrogen-bond acceptors (Lipinski definition) is 1. The Morgan fingerprint density at radius 3 is 2.47 bits per heavy atom. The van der Waals surface area contributed by atoms with Crippen molar-refractivity contribution < 1.29 is 14.4 Å². The van der Waals surface area contributed by atoms with Crippen molar-refractivity contribution in [2.24, 2.45) is 5.41 Å². The molecule has 15 heavy (non-hydrogen) atoms. The molecule has 2 N–H and O–H groups in total. The van der Waals surface area contributed by atoms with E-state index in [2.05, 4.69) is 12.5 Å². The van der Waals surface area contributed by atoms with Gasteiger partial charge in [0.25, 0.3) is 0 Å². The van der Waals surface area contributed by atoms with E-state index in [0.29, 0.717) is 6.42 Å². The molecule has 0 unspecified atom stereocenters. The summed E-state index contributed by atoms with van der Waals surface area (Å²) in [6.07, 6.45) is 8.81. The Bertz CT molecular complexity index is 341. The number of hydrogen-bond donors (Lipinski definition) is 2. The highest BCUT2D eigenvalue weighted by atomic mass is 31.2. The van der Waals surface area contributed by atoms with Gasteiger partial charge in [0.1, 0.15) is 0 Å². The summed E-state index contributed by atoms with van der Waals surface area (Å²) in [5.41, 5.74) is 0.312. The lowest BCUT2D eigenvalue weighted by Gasteiger charge is -2.21. The average molecular weight is 228 g/mol. The van der Waals surface area contributed by atoms with Crippen LogP contribution in [0.25, 0.3) is 0 Å². The molecule has 0 aromatic carbocycles. The maximum Gasteiger partial charge on any atom is 0.329 e. The quantitative estimate of drug-likeness (QED) is 0.431. The minimum absolute atomic E-state index is 0.277. The van der Waals surface area contributed by atoms with Crippen LogP contribution in [0.3, 0.4) is 0 Å². The van der Waals surface area contributed by atoms with Gasteiger partial charge in [0.05, 0.1) is 6.16 Å². The van der Waals surface area contributed by atoms with Crippen LogP contribution in [0.4, 0.5) is 0 Å². The van der Waals surface area contributed by atoms with Gasteiger partial charge in [-0.25, -0.2) is 0 Å². The van der Waals surface area contributed by atoms with Crippen LogP contribution in [0.1, 0.15) is 20.3 Å². The second-order valence-electron chi connectivity index (χ2n) is 3.84. The van der Waals surface area contributed by atoms with Crippen LogP contribution in [0.5, 0.6) is 0 Å². The first-order valence-corrected chi connectivity index (χ1v) is 6.35. The van der Waals surface area contributed by atoms with Crippen LogP contribution in [-0.4, -0.2) is 15.9 Å². The van der Waals surface area contributed by atoms with Gasteiger partial charge >= 0.3 is 7.60 Å². The van der Waals surface area contributed by atoms with E-state index in [1.807, 2.05) is 13.8 Å². The standard InChI is InChI=1S/C11H17O3P/c1-5-7-10(11(3,4)6-2)8-9-15(12,13)14/h2,5,8H,1,7,9H2,3-4H3,(H2,12,13,14). The van der Waals surface area contributed by atoms with E-state index >= 15 is 0 Å². The molecule has 3 nitrogen and oxygen atoms in total. The van der Waals surface area contributed by atoms with Crippen LogP contribution in [-0.2, 0) is 4.57 Å². The van der Waals surface area contributed by atoms with E-state index in [9.17, 15) is 4.57 Å². The fourth-order valence-corrected chi connectivity index (χ4v) is 1.53. The molecular formula is C11H17O3P. The fraction of sp³-hybridized carbons (Fsp3) is 0.455. The Hall–Kier alpha value is -0.810. The Morgan fingerprint density at radius 1 is 1.60 bits per heavy atom. The second-order valence-corrected chi connectivity index (χ2v) is 5.53. The molecule has 0 bridgehead atoms. The van der Waals surface area contributed by atoms with Gasteiger partial charge in [-0.05, 0) is 20.3 Å². The molecule has 0 saturated carbocycles. The molecule has 0 spiro atoms. The Kier molecular flexibility index (Phi) is 5.03. The molecule has 0 radical (unpaired) electrons. The van der Waals surface area contributed by atoms with Crippen molar-refractivity contribution in [3.63, 3.8) is 0 Å². The Morgan fingerprint density at radius 2 is 2.13 bits per heavy atom. The summed E-state index contributed by atoms with van der Waals surface area (Å²) >= 11 is 0. The molecular weight excluding hydrogens is 211 g/mol. The summed E-state index contributed by atoms with van der Waals surface area (Å²) in [7, 11) is -4.00. The molecule has 0 aromatic heterocycles. The third kappa shape index (κ3) is 5.59. The predicted molar refractivity (Wildman–Crippen MR) is 62.4 cm³/mol. The first-order chi connectivity index (χ1) is 6.73. The smallest absolute Gasteiger partial charge is 0.324 e.